The molecule has 0 aliphatic carbocycles. The van der Waals surface area contributed by atoms with Crippen LogP contribution in [0.15, 0.2) is 28.6 Å². The molecule has 0 radical (unpaired) electrons. The van der Waals surface area contributed by atoms with Gasteiger partial charge in [-0.2, -0.15) is 0 Å². The number of sulfonamides is 1. The lowest BCUT2D eigenvalue weighted by atomic mass is 10.2. The van der Waals surface area contributed by atoms with Crippen molar-refractivity contribution in [1.29, 1.82) is 0 Å². The number of nitrogens with one attached hydrogen (secondary N) is 2. The number of aromatic nitrogens is 2. The fourth-order valence-electron chi connectivity index (χ4n) is 1.60. The van der Waals surface area contributed by atoms with Crippen molar-refractivity contribution in [3.05, 3.63) is 29.4 Å². The Kier molecular flexibility index (Phi) is 4.79. The minimum absolute atomic E-state index is 0.116. The van der Waals surface area contributed by atoms with Crippen LogP contribution in [0.25, 0.3) is 0 Å². The first-order valence-corrected chi connectivity index (χ1v) is 8.97. The van der Waals surface area contributed by atoms with Gasteiger partial charge in [-0.15, -0.1) is 11.3 Å². The second kappa shape index (κ2) is 6.40. The Bertz CT molecular complexity index is 693. The summed E-state index contributed by atoms with van der Waals surface area (Å²) in [6, 6.07) is 3.16. The summed E-state index contributed by atoms with van der Waals surface area (Å²) in [4.78, 5) is 8.44. The average molecular weight is 326 g/mol. The van der Waals surface area contributed by atoms with Crippen LogP contribution >= 0.6 is 11.3 Å². The van der Waals surface area contributed by atoms with Crippen LogP contribution in [0.1, 0.15) is 32.4 Å². The van der Waals surface area contributed by atoms with Gasteiger partial charge >= 0.3 is 0 Å². The SMILES string of the molecule is CCNc1ccc(S(=O)(=O)Nc2nc(C(C)C)cs2)cn1. The molecule has 0 amide bonds. The van der Waals surface area contributed by atoms with Crippen molar-refractivity contribution in [3.8, 4) is 0 Å². The highest BCUT2D eigenvalue weighted by atomic mass is 32.2. The van der Waals surface area contributed by atoms with Crippen molar-refractivity contribution in [2.45, 2.75) is 31.6 Å². The first-order valence-electron chi connectivity index (χ1n) is 6.60. The molecule has 8 heteroatoms. The van der Waals surface area contributed by atoms with Crippen molar-refractivity contribution >= 4 is 32.3 Å². The fraction of sp³-hybridized carbons (Fsp3) is 0.385. The van der Waals surface area contributed by atoms with Gasteiger partial charge in [-0.25, -0.2) is 18.4 Å². The van der Waals surface area contributed by atoms with Gasteiger partial charge < -0.3 is 5.32 Å². The van der Waals surface area contributed by atoms with Gasteiger partial charge in [0.05, 0.1) is 5.69 Å². The van der Waals surface area contributed by atoms with E-state index in [0.717, 1.165) is 12.2 Å². The van der Waals surface area contributed by atoms with Crippen LogP contribution in [-0.4, -0.2) is 24.9 Å². The molecule has 0 spiro atoms. The molecule has 2 aromatic rings. The highest BCUT2D eigenvalue weighted by Gasteiger charge is 2.17. The molecule has 21 heavy (non-hydrogen) atoms. The van der Waals surface area contributed by atoms with E-state index in [0.29, 0.717) is 10.9 Å². The van der Waals surface area contributed by atoms with Crippen LogP contribution in [0.3, 0.4) is 0 Å². The minimum Gasteiger partial charge on any atom is -0.370 e. The Morgan fingerprint density at radius 2 is 2.10 bits per heavy atom. The normalized spacial score (nSPS) is 11.6. The van der Waals surface area contributed by atoms with Crippen LogP contribution in [0.2, 0.25) is 0 Å². The van der Waals surface area contributed by atoms with Crippen molar-refractivity contribution in [2.75, 3.05) is 16.6 Å². The maximum absolute atomic E-state index is 12.2. The van der Waals surface area contributed by atoms with Crippen LogP contribution in [0.5, 0.6) is 0 Å². The Balaban J connectivity index is 2.17. The molecule has 114 valence electrons. The fourth-order valence-corrected chi connectivity index (χ4v) is 3.67. The van der Waals surface area contributed by atoms with Crippen molar-refractivity contribution in [1.82, 2.24) is 9.97 Å². The zero-order valence-electron chi connectivity index (χ0n) is 12.1. The zero-order valence-corrected chi connectivity index (χ0v) is 13.8. The summed E-state index contributed by atoms with van der Waals surface area (Å²) in [5, 5.41) is 5.24. The van der Waals surface area contributed by atoms with E-state index in [2.05, 4.69) is 20.0 Å². The third-order valence-electron chi connectivity index (χ3n) is 2.74. The molecule has 2 rings (SSSR count). The monoisotopic (exact) mass is 326 g/mol. The number of hydrogen-bond donors (Lipinski definition) is 2. The lowest BCUT2D eigenvalue weighted by Gasteiger charge is -2.06. The van der Waals surface area contributed by atoms with Gasteiger partial charge in [0, 0.05) is 18.1 Å². The largest absolute Gasteiger partial charge is 0.370 e. The summed E-state index contributed by atoms with van der Waals surface area (Å²) in [6.45, 7) is 6.70. The molecule has 0 saturated carbocycles. The summed E-state index contributed by atoms with van der Waals surface area (Å²) in [5.41, 5.74) is 0.873. The Labute approximate surface area is 128 Å². The molecule has 2 N–H and O–H groups in total. The number of nitrogens with zero attached hydrogens (tertiary/aromatic N) is 2. The van der Waals surface area contributed by atoms with Crippen molar-refractivity contribution < 1.29 is 8.42 Å². The third-order valence-corrected chi connectivity index (χ3v) is 4.97. The Hall–Kier alpha value is -1.67. The molecule has 0 saturated heterocycles. The summed E-state index contributed by atoms with van der Waals surface area (Å²) >= 11 is 1.28. The topological polar surface area (TPSA) is 84.0 Å². The summed E-state index contributed by atoms with van der Waals surface area (Å²) < 4.78 is 27.0. The first-order chi connectivity index (χ1) is 9.92. The van der Waals surface area contributed by atoms with E-state index in [1.165, 1.54) is 23.6 Å². The van der Waals surface area contributed by atoms with Gasteiger partial charge in [-0.3, -0.25) is 4.72 Å². The third kappa shape index (κ3) is 3.92. The average Bonchev–Trinajstić information content (AvgIpc) is 2.88. The van der Waals surface area contributed by atoms with E-state index in [1.54, 1.807) is 6.07 Å². The molecular formula is C13H18N4O2S2. The van der Waals surface area contributed by atoms with Gasteiger partial charge in [0.2, 0.25) is 0 Å². The second-order valence-electron chi connectivity index (χ2n) is 4.75. The van der Waals surface area contributed by atoms with Crippen LogP contribution in [-0.2, 0) is 10.0 Å². The molecular weight excluding hydrogens is 308 g/mol. The first kappa shape index (κ1) is 15.7. The molecule has 0 aromatic carbocycles. The number of rotatable bonds is 6. The summed E-state index contributed by atoms with van der Waals surface area (Å²) in [7, 11) is -3.65. The number of hydrogen-bond acceptors (Lipinski definition) is 6. The van der Waals surface area contributed by atoms with E-state index in [1.807, 2.05) is 26.2 Å². The predicted octanol–water partition coefficient (Wildman–Crippen LogP) is 2.89. The number of thiazole rings is 1. The second-order valence-corrected chi connectivity index (χ2v) is 7.29. The summed E-state index contributed by atoms with van der Waals surface area (Å²) in [6.07, 6.45) is 1.33. The molecule has 0 atom stereocenters. The Morgan fingerprint density at radius 3 is 2.62 bits per heavy atom. The van der Waals surface area contributed by atoms with Gasteiger partial charge in [-0.05, 0) is 25.0 Å². The van der Waals surface area contributed by atoms with Gasteiger partial charge in [0.25, 0.3) is 10.0 Å². The molecule has 0 fully saturated rings. The number of pyridine rings is 1. The maximum atomic E-state index is 12.2. The quantitative estimate of drug-likeness (QED) is 0.852. The molecule has 0 bridgehead atoms. The lowest BCUT2D eigenvalue weighted by molar-refractivity contribution is 0.601. The van der Waals surface area contributed by atoms with Gasteiger partial charge in [-0.1, -0.05) is 13.8 Å². The van der Waals surface area contributed by atoms with E-state index in [9.17, 15) is 8.42 Å². The standard InChI is InChI=1S/C13H18N4O2S2/c1-4-14-12-6-5-10(7-15-12)21(18,19)17-13-16-11(8-20-13)9(2)3/h5-9H,4H2,1-3H3,(H,14,15)(H,16,17). The smallest absolute Gasteiger partial charge is 0.265 e. The highest BCUT2D eigenvalue weighted by molar-refractivity contribution is 7.93. The van der Waals surface area contributed by atoms with Crippen molar-refractivity contribution in [2.24, 2.45) is 0 Å². The van der Waals surface area contributed by atoms with Gasteiger partial charge in [0.1, 0.15) is 10.7 Å². The predicted molar refractivity (Wildman–Crippen MR) is 85.4 cm³/mol. The lowest BCUT2D eigenvalue weighted by Crippen LogP contribution is -2.13. The molecule has 0 unspecified atom stereocenters. The van der Waals surface area contributed by atoms with E-state index in [4.69, 9.17) is 0 Å². The van der Waals surface area contributed by atoms with Crippen LogP contribution in [0, 0.1) is 0 Å². The van der Waals surface area contributed by atoms with E-state index >= 15 is 0 Å². The van der Waals surface area contributed by atoms with E-state index in [-0.39, 0.29) is 10.8 Å². The minimum atomic E-state index is -3.65. The Morgan fingerprint density at radius 1 is 1.33 bits per heavy atom. The zero-order chi connectivity index (χ0) is 15.5. The molecule has 0 aliphatic heterocycles. The molecule has 2 aromatic heterocycles. The van der Waals surface area contributed by atoms with Crippen LogP contribution in [0.4, 0.5) is 10.9 Å². The number of anilines is 2. The van der Waals surface area contributed by atoms with E-state index < -0.39 is 10.0 Å². The van der Waals surface area contributed by atoms with Gasteiger partial charge in [0.15, 0.2) is 5.13 Å². The molecule has 2 heterocycles. The molecule has 0 aliphatic rings. The van der Waals surface area contributed by atoms with Crippen LogP contribution < -0.4 is 10.0 Å². The summed E-state index contributed by atoms with van der Waals surface area (Å²) in [5.74, 6) is 0.911. The highest BCUT2D eigenvalue weighted by Crippen LogP contribution is 2.24. The van der Waals surface area contributed by atoms with Crippen molar-refractivity contribution in [3.63, 3.8) is 0 Å². The molecule has 6 nitrogen and oxygen atoms in total. The maximum Gasteiger partial charge on any atom is 0.265 e.